The SMILES string of the molecule is Cc1cc(C)c(Cn2c(CNC(=O)c3ccccc3C)nc3ccccc32)c(C)c1. The van der Waals surface area contributed by atoms with E-state index in [1.54, 1.807) is 0 Å². The first kappa shape index (κ1) is 19.9. The molecule has 0 saturated carbocycles. The molecule has 4 heteroatoms. The Hall–Kier alpha value is -3.40. The first-order valence-electron chi connectivity index (χ1n) is 10.3. The van der Waals surface area contributed by atoms with Crippen molar-refractivity contribution in [2.24, 2.45) is 0 Å². The quantitative estimate of drug-likeness (QED) is 0.500. The van der Waals surface area contributed by atoms with Gasteiger partial charge in [-0.25, -0.2) is 4.98 Å². The molecule has 152 valence electrons. The van der Waals surface area contributed by atoms with Crippen LogP contribution < -0.4 is 5.32 Å². The van der Waals surface area contributed by atoms with Crippen LogP contribution >= 0.6 is 0 Å². The zero-order valence-electron chi connectivity index (χ0n) is 18.0. The predicted octanol–water partition coefficient (Wildman–Crippen LogP) is 5.25. The number of nitrogens with zero attached hydrogens (tertiary/aromatic N) is 2. The summed E-state index contributed by atoms with van der Waals surface area (Å²) in [6.07, 6.45) is 0. The summed E-state index contributed by atoms with van der Waals surface area (Å²) >= 11 is 0. The molecule has 0 aliphatic rings. The first-order valence-corrected chi connectivity index (χ1v) is 10.3. The number of benzene rings is 3. The summed E-state index contributed by atoms with van der Waals surface area (Å²) in [5, 5.41) is 3.06. The zero-order valence-corrected chi connectivity index (χ0v) is 18.0. The largest absolute Gasteiger partial charge is 0.345 e. The second-order valence-electron chi connectivity index (χ2n) is 7.98. The third-order valence-electron chi connectivity index (χ3n) is 5.69. The molecule has 30 heavy (non-hydrogen) atoms. The number of rotatable bonds is 5. The molecule has 0 aliphatic carbocycles. The molecule has 1 heterocycles. The normalized spacial score (nSPS) is 11.1. The van der Waals surface area contributed by atoms with Crippen LogP contribution in [0.2, 0.25) is 0 Å². The Balaban J connectivity index is 1.67. The Kier molecular flexibility index (Phi) is 5.40. The van der Waals surface area contributed by atoms with Crippen molar-refractivity contribution >= 4 is 16.9 Å². The van der Waals surface area contributed by atoms with Gasteiger partial charge in [-0.05, 0) is 68.1 Å². The number of aryl methyl sites for hydroxylation is 4. The van der Waals surface area contributed by atoms with E-state index in [0.29, 0.717) is 12.1 Å². The molecule has 0 bridgehead atoms. The number of hydrogen-bond donors (Lipinski definition) is 1. The van der Waals surface area contributed by atoms with E-state index >= 15 is 0 Å². The molecule has 1 amide bonds. The Labute approximate surface area is 177 Å². The molecule has 4 aromatic rings. The Morgan fingerprint density at radius 3 is 2.30 bits per heavy atom. The van der Waals surface area contributed by atoms with Crippen LogP contribution in [0.1, 0.15) is 44.0 Å². The lowest BCUT2D eigenvalue weighted by Crippen LogP contribution is -2.25. The Bertz CT molecular complexity index is 1210. The van der Waals surface area contributed by atoms with E-state index in [0.717, 1.165) is 29.0 Å². The average Bonchev–Trinajstić information content (AvgIpc) is 3.06. The molecule has 0 atom stereocenters. The van der Waals surface area contributed by atoms with E-state index in [-0.39, 0.29) is 5.91 Å². The maximum absolute atomic E-state index is 12.7. The van der Waals surface area contributed by atoms with Gasteiger partial charge in [-0.2, -0.15) is 0 Å². The number of carbonyl (C=O) groups excluding carboxylic acids is 1. The molecule has 0 radical (unpaired) electrons. The fraction of sp³-hybridized carbons (Fsp3) is 0.231. The van der Waals surface area contributed by atoms with Crippen molar-refractivity contribution in [3.8, 4) is 0 Å². The number of aromatic nitrogens is 2. The molecule has 4 rings (SSSR count). The standard InChI is InChI=1S/C26H27N3O/c1-17-13-19(3)22(20(4)14-17)16-29-24-12-8-7-11-23(24)28-25(29)15-27-26(30)21-10-6-5-9-18(21)2/h5-14H,15-16H2,1-4H3,(H,27,30). The highest BCUT2D eigenvalue weighted by Crippen LogP contribution is 2.22. The molecule has 0 spiro atoms. The lowest BCUT2D eigenvalue weighted by Gasteiger charge is -2.15. The predicted molar refractivity (Wildman–Crippen MR) is 122 cm³/mol. The number of hydrogen-bond acceptors (Lipinski definition) is 2. The molecule has 1 aromatic heterocycles. The summed E-state index contributed by atoms with van der Waals surface area (Å²) < 4.78 is 2.22. The van der Waals surface area contributed by atoms with Crippen molar-refractivity contribution in [3.63, 3.8) is 0 Å². The van der Waals surface area contributed by atoms with E-state index in [1.165, 1.54) is 22.3 Å². The third-order valence-corrected chi connectivity index (χ3v) is 5.69. The smallest absolute Gasteiger partial charge is 0.251 e. The van der Waals surface area contributed by atoms with Crippen molar-refractivity contribution in [1.82, 2.24) is 14.9 Å². The highest BCUT2D eigenvalue weighted by Gasteiger charge is 2.15. The lowest BCUT2D eigenvalue weighted by molar-refractivity contribution is 0.0949. The van der Waals surface area contributed by atoms with Crippen LogP contribution in [0.5, 0.6) is 0 Å². The Morgan fingerprint density at radius 1 is 0.900 bits per heavy atom. The third kappa shape index (κ3) is 3.86. The summed E-state index contributed by atoms with van der Waals surface area (Å²) in [5.74, 6) is 0.784. The number of fused-ring (bicyclic) bond motifs is 1. The van der Waals surface area contributed by atoms with Gasteiger partial charge < -0.3 is 9.88 Å². The second-order valence-corrected chi connectivity index (χ2v) is 7.98. The van der Waals surface area contributed by atoms with Gasteiger partial charge >= 0.3 is 0 Å². The molecule has 0 fully saturated rings. The minimum absolute atomic E-state index is 0.0746. The Morgan fingerprint density at radius 2 is 1.57 bits per heavy atom. The molecule has 1 N–H and O–H groups in total. The van der Waals surface area contributed by atoms with E-state index in [1.807, 2.05) is 49.4 Å². The molecule has 4 nitrogen and oxygen atoms in total. The maximum atomic E-state index is 12.7. The fourth-order valence-corrected chi connectivity index (χ4v) is 4.14. The molecule has 0 aliphatic heterocycles. The van der Waals surface area contributed by atoms with Crippen molar-refractivity contribution in [2.75, 3.05) is 0 Å². The second kappa shape index (κ2) is 8.15. The minimum Gasteiger partial charge on any atom is -0.345 e. The van der Waals surface area contributed by atoms with Gasteiger partial charge in [0.25, 0.3) is 5.91 Å². The van der Waals surface area contributed by atoms with Crippen LogP contribution in [0, 0.1) is 27.7 Å². The number of imidazole rings is 1. The van der Waals surface area contributed by atoms with Crippen LogP contribution in [0.15, 0.2) is 60.7 Å². The van der Waals surface area contributed by atoms with Crippen LogP contribution in [0.25, 0.3) is 11.0 Å². The van der Waals surface area contributed by atoms with E-state index in [4.69, 9.17) is 4.98 Å². The van der Waals surface area contributed by atoms with Crippen molar-refractivity contribution < 1.29 is 4.79 Å². The van der Waals surface area contributed by atoms with Crippen LogP contribution in [0.3, 0.4) is 0 Å². The van der Waals surface area contributed by atoms with Gasteiger partial charge in [-0.1, -0.05) is 48.0 Å². The minimum atomic E-state index is -0.0746. The van der Waals surface area contributed by atoms with Crippen LogP contribution in [0.4, 0.5) is 0 Å². The number of carbonyl (C=O) groups is 1. The van der Waals surface area contributed by atoms with Crippen molar-refractivity contribution in [1.29, 1.82) is 0 Å². The summed E-state index contributed by atoms with van der Waals surface area (Å²) in [6, 6.07) is 20.2. The van der Waals surface area contributed by atoms with Gasteiger partial charge in [0.1, 0.15) is 5.82 Å². The molecular weight excluding hydrogens is 370 g/mol. The molecular formula is C26H27N3O. The van der Waals surface area contributed by atoms with E-state index < -0.39 is 0 Å². The van der Waals surface area contributed by atoms with Crippen molar-refractivity contribution in [2.45, 2.75) is 40.8 Å². The van der Waals surface area contributed by atoms with E-state index in [9.17, 15) is 4.79 Å². The molecule has 0 saturated heterocycles. The number of para-hydroxylation sites is 2. The topological polar surface area (TPSA) is 46.9 Å². The van der Waals surface area contributed by atoms with Gasteiger partial charge in [-0.3, -0.25) is 4.79 Å². The maximum Gasteiger partial charge on any atom is 0.251 e. The summed E-state index contributed by atoms with van der Waals surface area (Å²) in [4.78, 5) is 17.5. The van der Waals surface area contributed by atoms with Crippen molar-refractivity contribution in [3.05, 3.63) is 99.9 Å². The molecule has 0 unspecified atom stereocenters. The number of amides is 1. The summed E-state index contributed by atoms with van der Waals surface area (Å²) in [7, 11) is 0. The first-order chi connectivity index (χ1) is 14.4. The summed E-state index contributed by atoms with van der Waals surface area (Å²) in [5.41, 5.74) is 8.82. The van der Waals surface area contributed by atoms with Gasteiger partial charge in [0, 0.05) is 12.1 Å². The summed E-state index contributed by atoms with van der Waals surface area (Å²) in [6.45, 7) is 9.51. The lowest BCUT2D eigenvalue weighted by atomic mass is 9.99. The highest BCUT2D eigenvalue weighted by molar-refractivity contribution is 5.95. The van der Waals surface area contributed by atoms with Gasteiger partial charge in [0.15, 0.2) is 0 Å². The van der Waals surface area contributed by atoms with E-state index in [2.05, 4.69) is 48.9 Å². The fourth-order valence-electron chi connectivity index (χ4n) is 4.14. The molecule has 3 aromatic carbocycles. The van der Waals surface area contributed by atoms with Gasteiger partial charge in [-0.15, -0.1) is 0 Å². The van der Waals surface area contributed by atoms with Gasteiger partial charge in [0.2, 0.25) is 0 Å². The number of nitrogens with one attached hydrogen (secondary N) is 1. The van der Waals surface area contributed by atoms with Gasteiger partial charge in [0.05, 0.1) is 17.6 Å². The van der Waals surface area contributed by atoms with Crippen LogP contribution in [-0.4, -0.2) is 15.5 Å². The monoisotopic (exact) mass is 397 g/mol. The van der Waals surface area contributed by atoms with Crippen LogP contribution in [-0.2, 0) is 13.1 Å². The zero-order chi connectivity index (χ0) is 21.3. The highest BCUT2D eigenvalue weighted by atomic mass is 16.1. The average molecular weight is 398 g/mol.